The molecule has 2 aromatic rings. The van der Waals surface area contributed by atoms with Crippen molar-refractivity contribution in [1.82, 2.24) is 15.1 Å². The Balaban J connectivity index is 1.06. The van der Waals surface area contributed by atoms with Crippen molar-refractivity contribution in [3.05, 3.63) is 47.2 Å². The predicted octanol–water partition coefficient (Wildman–Crippen LogP) is 3.40. The minimum absolute atomic E-state index is 0.0890. The number of nitrogens with zero attached hydrogens (tertiary/aromatic N) is 3. The van der Waals surface area contributed by atoms with Gasteiger partial charge >= 0.3 is 6.03 Å². The van der Waals surface area contributed by atoms with Gasteiger partial charge in [0.1, 0.15) is 0 Å². The van der Waals surface area contributed by atoms with Gasteiger partial charge in [0.2, 0.25) is 0 Å². The molecule has 4 aliphatic rings. The molecule has 0 saturated carbocycles. The Bertz CT molecular complexity index is 837. The molecule has 1 aromatic heterocycles. The minimum atomic E-state index is -0.0890. The summed E-state index contributed by atoms with van der Waals surface area (Å²) in [7, 11) is 0. The third-order valence-corrected chi connectivity index (χ3v) is 7.96. The first kappa shape index (κ1) is 20.8. The molecule has 1 aromatic carbocycles. The number of hydrogen-bond donors (Lipinski definition) is 2. The van der Waals surface area contributed by atoms with Crippen molar-refractivity contribution in [1.29, 1.82) is 0 Å². The summed E-state index contributed by atoms with van der Waals surface area (Å²) in [6.07, 6.45) is 2.53. The monoisotopic (exact) mass is 439 g/mol. The molecule has 31 heavy (non-hydrogen) atoms. The van der Waals surface area contributed by atoms with Crippen LogP contribution in [-0.4, -0.2) is 74.2 Å². The number of para-hydroxylation sites is 1. The number of hydrogen-bond acceptors (Lipinski definition) is 5. The number of piperazine rings is 1. The highest BCUT2D eigenvalue weighted by Crippen LogP contribution is 2.36. The lowest BCUT2D eigenvalue weighted by Gasteiger charge is -2.51. The van der Waals surface area contributed by atoms with E-state index in [1.165, 1.54) is 38.2 Å². The number of amides is 2. The van der Waals surface area contributed by atoms with E-state index in [9.17, 15) is 4.79 Å². The predicted molar refractivity (Wildman–Crippen MR) is 128 cm³/mol. The van der Waals surface area contributed by atoms with Crippen molar-refractivity contribution in [2.75, 3.05) is 62.6 Å². The van der Waals surface area contributed by atoms with Gasteiger partial charge in [-0.25, -0.2) is 4.79 Å². The number of rotatable bonds is 6. The number of urea groups is 1. The Hall–Kier alpha value is -2.09. The third-order valence-electron chi connectivity index (χ3n) is 7.28. The fourth-order valence-corrected chi connectivity index (χ4v) is 6.14. The summed E-state index contributed by atoms with van der Waals surface area (Å²) >= 11 is 1.59. The van der Waals surface area contributed by atoms with E-state index < -0.39 is 0 Å². The van der Waals surface area contributed by atoms with Crippen molar-refractivity contribution in [2.45, 2.75) is 18.9 Å². The van der Waals surface area contributed by atoms with Gasteiger partial charge in [-0.15, -0.1) is 0 Å². The van der Waals surface area contributed by atoms with Crippen molar-refractivity contribution >= 4 is 28.7 Å². The molecule has 6 nitrogen and oxygen atoms in total. The smallest absolute Gasteiger partial charge is 0.319 e. The molecule has 4 atom stereocenters. The number of carbonyl (C=O) groups excluding carboxylic acids is 1. The highest BCUT2D eigenvalue weighted by atomic mass is 32.1. The van der Waals surface area contributed by atoms with E-state index in [0.717, 1.165) is 50.2 Å². The summed E-state index contributed by atoms with van der Waals surface area (Å²) in [5.41, 5.74) is 2.23. The Morgan fingerprint density at radius 3 is 2.61 bits per heavy atom. The van der Waals surface area contributed by atoms with Gasteiger partial charge in [0.25, 0.3) is 0 Å². The standard InChI is InChI=1S/C24H33N5OS/c30-24(26-21-7-13-31-18-21)25-15-23-14-19-6-8-29(23)17-20(19)16-27-9-11-28(12-10-27)22-4-2-1-3-5-22/h1-5,7,13,18-20,23H,6,8-12,14-17H2,(H2,25,26,30)/t19-,20+,23+/m0/s1. The van der Waals surface area contributed by atoms with E-state index in [0.29, 0.717) is 6.04 Å². The number of piperidine rings is 3. The normalized spacial score (nSPS) is 28.5. The molecule has 2 bridgehead atoms. The van der Waals surface area contributed by atoms with Crippen LogP contribution in [0.15, 0.2) is 47.2 Å². The zero-order valence-corrected chi connectivity index (χ0v) is 18.9. The van der Waals surface area contributed by atoms with Gasteiger partial charge in [-0.3, -0.25) is 9.80 Å². The van der Waals surface area contributed by atoms with Crippen LogP contribution in [0.4, 0.5) is 16.2 Å². The summed E-state index contributed by atoms with van der Waals surface area (Å²) < 4.78 is 0. The first-order valence-corrected chi connectivity index (χ1v) is 12.5. The Labute approximate surface area is 189 Å². The zero-order valence-electron chi connectivity index (χ0n) is 18.1. The Kier molecular flexibility index (Phi) is 6.43. The molecule has 0 spiro atoms. The first-order chi connectivity index (χ1) is 15.2. The molecule has 0 aliphatic carbocycles. The molecule has 0 radical (unpaired) electrons. The van der Waals surface area contributed by atoms with E-state index in [1.54, 1.807) is 11.3 Å². The number of nitrogens with one attached hydrogen (secondary N) is 2. The van der Waals surface area contributed by atoms with Crippen LogP contribution in [0.3, 0.4) is 0 Å². The molecule has 4 fully saturated rings. The van der Waals surface area contributed by atoms with Crippen LogP contribution in [0, 0.1) is 11.8 Å². The average molecular weight is 440 g/mol. The number of anilines is 2. The molecule has 4 aliphatic heterocycles. The molecule has 6 rings (SSSR count). The van der Waals surface area contributed by atoms with Crippen LogP contribution >= 0.6 is 11.3 Å². The van der Waals surface area contributed by atoms with Gasteiger partial charge in [-0.1, -0.05) is 18.2 Å². The highest BCUT2D eigenvalue weighted by molar-refractivity contribution is 7.08. The second kappa shape index (κ2) is 9.59. The molecule has 7 heteroatoms. The van der Waals surface area contributed by atoms with Gasteiger partial charge in [0.05, 0.1) is 5.69 Å². The highest BCUT2D eigenvalue weighted by Gasteiger charge is 2.40. The maximum atomic E-state index is 12.2. The first-order valence-electron chi connectivity index (χ1n) is 11.6. The summed E-state index contributed by atoms with van der Waals surface area (Å²) in [4.78, 5) is 20.0. The number of thiophene rings is 1. The maximum absolute atomic E-state index is 12.2. The second-order valence-corrected chi connectivity index (χ2v) is 9.94. The molecule has 1 unspecified atom stereocenters. The lowest BCUT2D eigenvalue weighted by atomic mass is 9.75. The SMILES string of the molecule is O=C(NC[C@H]1C[C@@H]2CCN1C[C@H]2CN1CCN(c2ccccc2)CC1)Nc1ccsc1. The summed E-state index contributed by atoms with van der Waals surface area (Å²) in [6, 6.07) is 13.1. The van der Waals surface area contributed by atoms with Crippen LogP contribution in [0.2, 0.25) is 0 Å². The van der Waals surface area contributed by atoms with Gasteiger partial charge in [0.15, 0.2) is 0 Å². The van der Waals surface area contributed by atoms with Gasteiger partial charge in [-0.05, 0) is 54.8 Å². The molecule has 166 valence electrons. The van der Waals surface area contributed by atoms with Crippen LogP contribution in [0.5, 0.6) is 0 Å². The van der Waals surface area contributed by atoms with E-state index in [4.69, 9.17) is 0 Å². The fraction of sp³-hybridized carbons (Fsp3) is 0.542. The molecule has 2 N–H and O–H groups in total. The van der Waals surface area contributed by atoms with Crippen LogP contribution in [0.25, 0.3) is 0 Å². The number of benzene rings is 1. The minimum Gasteiger partial charge on any atom is -0.369 e. The Morgan fingerprint density at radius 2 is 1.90 bits per heavy atom. The second-order valence-electron chi connectivity index (χ2n) is 9.16. The maximum Gasteiger partial charge on any atom is 0.319 e. The zero-order chi connectivity index (χ0) is 21.0. The number of fused-ring (bicyclic) bond motifs is 3. The molecular formula is C24H33N5OS. The summed E-state index contributed by atoms with van der Waals surface area (Å²) in [6.45, 7) is 8.90. The molecule has 5 heterocycles. The van der Waals surface area contributed by atoms with Crippen LogP contribution in [0.1, 0.15) is 12.8 Å². The van der Waals surface area contributed by atoms with Crippen LogP contribution in [-0.2, 0) is 0 Å². The summed E-state index contributed by atoms with van der Waals surface area (Å²) in [5, 5.41) is 9.93. The lowest BCUT2D eigenvalue weighted by molar-refractivity contribution is -0.0114. The van der Waals surface area contributed by atoms with E-state index >= 15 is 0 Å². The van der Waals surface area contributed by atoms with Crippen molar-refractivity contribution in [3.63, 3.8) is 0 Å². The van der Waals surface area contributed by atoms with Gasteiger partial charge in [0, 0.05) is 62.9 Å². The van der Waals surface area contributed by atoms with Crippen molar-refractivity contribution < 1.29 is 4.79 Å². The van der Waals surface area contributed by atoms with Gasteiger partial charge < -0.3 is 15.5 Å². The van der Waals surface area contributed by atoms with E-state index in [1.807, 2.05) is 16.8 Å². The lowest BCUT2D eigenvalue weighted by Crippen LogP contribution is -2.59. The Morgan fingerprint density at radius 1 is 1.06 bits per heavy atom. The molecular weight excluding hydrogens is 406 g/mol. The van der Waals surface area contributed by atoms with Crippen LogP contribution < -0.4 is 15.5 Å². The van der Waals surface area contributed by atoms with E-state index in [2.05, 4.69) is 55.7 Å². The topological polar surface area (TPSA) is 50.9 Å². The van der Waals surface area contributed by atoms with Gasteiger partial charge in [-0.2, -0.15) is 11.3 Å². The number of carbonyl (C=O) groups is 1. The summed E-state index contributed by atoms with van der Waals surface area (Å²) in [5.74, 6) is 1.57. The van der Waals surface area contributed by atoms with E-state index in [-0.39, 0.29) is 6.03 Å². The fourth-order valence-electron chi connectivity index (χ4n) is 5.55. The van der Waals surface area contributed by atoms with Crippen molar-refractivity contribution in [3.8, 4) is 0 Å². The largest absolute Gasteiger partial charge is 0.369 e. The molecule has 2 amide bonds. The van der Waals surface area contributed by atoms with Crippen molar-refractivity contribution in [2.24, 2.45) is 11.8 Å². The third kappa shape index (κ3) is 5.05. The quantitative estimate of drug-likeness (QED) is 0.724. The average Bonchev–Trinajstić information content (AvgIpc) is 3.32. The molecule has 4 saturated heterocycles.